The number of carbonyl (C=O) groups is 1. The van der Waals surface area contributed by atoms with Crippen molar-refractivity contribution in [2.45, 2.75) is 6.92 Å². The second kappa shape index (κ2) is 10.7. The number of H-pyrrole nitrogens is 1. The number of Topliss-reactive ketones (excluding diaryl/α,β-unsaturated/α-hetero) is 1. The van der Waals surface area contributed by atoms with Gasteiger partial charge in [-0.15, -0.1) is 0 Å². The van der Waals surface area contributed by atoms with Crippen LogP contribution in [0.5, 0.6) is 0 Å². The molecule has 1 aliphatic heterocycles. The van der Waals surface area contributed by atoms with Crippen LogP contribution in [0.15, 0.2) is 47.0 Å². The maximum absolute atomic E-state index is 11.9. The standard InChI is InChI=1S/C12H13N5O2.Cu.H2O4S/c1-8-11(19)10(9(7-18)5-15-8)6-16-17-12-13-3-2-4-14-12;;1-5(2,3)4/h2-6,16,18H,7H2,1H3,(H,13,14,17);;(H2,1,2,3,4)/q;+1;/p-1/b10-6-;;. The number of aromatic amines is 1. The first kappa shape index (κ1) is 22.8. The van der Waals surface area contributed by atoms with E-state index in [-0.39, 0.29) is 29.5 Å². The molecule has 0 spiro atoms. The van der Waals surface area contributed by atoms with Crippen LogP contribution >= 0.6 is 0 Å². The summed E-state index contributed by atoms with van der Waals surface area (Å²) in [6.07, 6.45) is 6.29. The minimum Gasteiger partial charge on any atom is -0.759 e. The van der Waals surface area contributed by atoms with Gasteiger partial charge in [-0.25, -0.2) is 4.98 Å². The molecule has 0 amide bonds. The molecular weight excluding hydrogens is 406 g/mol. The minimum absolute atomic E-state index is 0. The van der Waals surface area contributed by atoms with Crippen LogP contribution in [0, 0.1) is 0 Å². The van der Waals surface area contributed by atoms with Gasteiger partial charge >= 0.3 is 23.0 Å². The second-order valence-corrected chi connectivity index (χ2v) is 5.04. The van der Waals surface area contributed by atoms with E-state index >= 15 is 0 Å². The quantitative estimate of drug-likeness (QED) is 0.168. The van der Waals surface area contributed by atoms with Crippen molar-refractivity contribution in [2.24, 2.45) is 4.99 Å². The fraction of sp³-hybridized carbons (Fsp3) is 0.167. The average molecular weight is 420 g/mol. The molecule has 4 N–H and O–H groups in total. The largest absolute Gasteiger partial charge is 1.00 e. The second-order valence-electron chi connectivity index (χ2n) is 4.22. The number of rotatable bonds is 4. The number of aliphatic hydroxyl groups excluding tert-OH is 1. The van der Waals surface area contributed by atoms with Gasteiger partial charge in [-0.1, -0.05) is 4.98 Å². The summed E-state index contributed by atoms with van der Waals surface area (Å²) < 4.78 is 34.1. The Hall–Kier alpha value is -2.15. The van der Waals surface area contributed by atoms with Crippen LogP contribution in [0.1, 0.15) is 6.92 Å². The Morgan fingerprint density at radius 1 is 1.40 bits per heavy atom. The van der Waals surface area contributed by atoms with Crippen molar-refractivity contribution in [2.75, 3.05) is 12.0 Å². The molecule has 2 rings (SSSR count). The van der Waals surface area contributed by atoms with Gasteiger partial charge in [0.2, 0.25) is 5.78 Å². The monoisotopic (exact) mass is 419 g/mol. The van der Waals surface area contributed by atoms with Crippen LogP contribution in [-0.4, -0.2) is 45.7 Å². The van der Waals surface area contributed by atoms with E-state index in [1.165, 1.54) is 12.4 Å². The Balaban J connectivity index is 0.000000848. The van der Waals surface area contributed by atoms with Gasteiger partial charge in [0.1, 0.15) is 6.20 Å². The average Bonchev–Trinajstić information content (AvgIpc) is 2.51. The summed E-state index contributed by atoms with van der Waals surface area (Å²) in [5.74, 6) is 0.286. The van der Waals surface area contributed by atoms with Crippen molar-refractivity contribution in [1.29, 1.82) is 0 Å². The van der Waals surface area contributed by atoms with Gasteiger partial charge in [-0.3, -0.25) is 23.6 Å². The van der Waals surface area contributed by atoms with E-state index < -0.39 is 10.4 Å². The third-order valence-corrected chi connectivity index (χ3v) is 2.52. The number of hydrazine groups is 1. The smallest absolute Gasteiger partial charge is 0.759 e. The zero-order valence-corrected chi connectivity index (χ0v) is 14.4. The first-order valence-electron chi connectivity index (χ1n) is 6.33. The number of nitrogens with zero attached hydrogens (tertiary/aromatic N) is 2. The molecule has 0 bridgehead atoms. The van der Waals surface area contributed by atoms with Crippen LogP contribution < -0.4 is 15.8 Å². The summed E-state index contributed by atoms with van der Waals surface area (Å²) in [5, 5.41) is 9.18. The Kier molecular flexibility index (Phi) is 9.74. The number of carbonyl (C=O) groups excluding carboxylic acids is 1. The number of hydrogen-bond acceptors (Lipinski definition) is 10. The van der Waals surface area contributed by atoms with Gasteiger partial charge in [0.05, 0.1) is 18.5 Å². The Bertz CT molecular complexity index is 770. The predicted octanol–water partition coefficient (Wildman–Crippen LogP) is -1.72. The Labute approximate surface area is 154 Å². The van der Waals surface area contributed by atoms with E-state index in [0.29, 0.717) is 22.8 Å². The molecule has 0 saturated carbocycles. The van der Waals surface area contributed by atoms with Crippen molar-refractivity contribution < 1.29 is 49.5 Å². The molecule has 1 aliphatic rings. The van der Waals surface area contributed by atoms with Crippen LogP contribution in [0.4, 0.5) is 5.95 Å². The minimum atomic E-state index is -5.17. The van der Waals surface area contributed by atoms with Gasteiger partial charge in [-0.05, 0) is 6.92 Å². The SMILES string of the molecule is CC1=NC=C(CO)/C(=C/NNc2nccc[nH+]2)C1=O.O=S(=O)([O-])[O-].[Cu+]. The van der Waals surface area contributed by atoms with Gasteiger partial charge in [0.15, 0.2) is 0 Å². The molecule has 25 heavy (non-hydrogen) atoms. The molecule has 140 valence electrons. The Morgan fingerprint density at radius 2 is 2.04 bits per heavy atom. The van der Waals surface area contributed by atoms with Crippen molar-refractivity contribution in [3.05, 3.63) is 42.0 Å². The summed E-state index contributed by atoms with van der Waals surface area (Å²) in [7, 11) is -5.17. The first-order chi connectivity index (χ1) is 11.2. The third kappa shape index (κ3) is 9.05. The topological polar surface area (TPSA) is 181 Å². The maximum Gasteiger partial charge on any atom is 1.00 e. The number of aromatic nitrogens is 2. The maximum atomic E-state index is 11.9. The molecule has 0 unspecified atom stereocenters. The summed E-state index contributed by atoms with van der Waals surface area (Å²) in [6.45, 7) is 1.38. The van der Waals surface area contributed by atoms with Crippen molar-refractivity contribution >= 4 is 27.8 Å². The number of aliphatic imine (C=N–C) groups is 1. The normalized spacial score (nSPS) is 15.2. The van der Waals surface area contributed by atoms with E-state index in [4.69, 9.17) is 17.5 Å². The van der Waals surface area contributed by atoms with Crippen LogP contribution in [0.3, 0.4) is 0 Å². The number of hydrogen-bond donors (Lipinski definition) is 3. The van der Waals surface area contributed by atoms with Gasteiger partial charge in [-0.2, -0.15) is 5.43 Å². The van der Waals surface area contributed by atoms with Crippen LogP contribution in [-0.2, 0) is 32.3 Å². The number of nitrogens with one attached hydrogen (secondary N) is 3. The van der Waals surface area contributed by atoms with E-state index in [1.807, 2.05) is 0 Å². The first-order valence-corrected chi connectivity index (χ1v) is 7.66. The molecule has 0 saturated heterocycles. The molecule has 0 aromatic carbocycles. The summed E-state index contributed by atoms with van der Waals surface area (Å²) in [6, 6.07) is 1.75. The molecule has 2 heterocycles. The third-order valence-electron chi connectivity index (χ3n) is 2.52. The van der Waals surface area contributed by atoms with E-state index in [0.717, 1.165) is 0 Å². The molecule has 0 atom stereocenters. The van der Waals surface area contributed by atoms with Crippen molar-refractivity contribution in [3.8, 4) is 0 Å². The van der Waals surface area contributed by atoms with Gasteiger partial charge < -0.3 is 14.2 Å². The molecule has 1 aromatic rings. The molecule has 11 nitrogen and oxygen atoms in total. The fourth-order valence-electron chi connectivity index (χ4n) is 1.50. The summed E-state index contributed by atoms with van der Waals surface area (Å²) in [5.41, 5.74) is 6.76. The van der Waals surface area contributed by atoms with E-state index in [9.17, 15) is 9.90 Å². The van der Waals surface area contributed by atoms with Gasteiger partial charge in [0.25, 0.3) is 0 Å². The fourth-order valence-corrected chi connectivity index (χ4v) is 1.50. The zero-order valence-electron chi connectivity index (χ0n) is 12.7. The van der Waals surface area contributed by atoms with E-state index in [2.05, 4.69) is 25.8 Å². The number of aliphatic hydroxyl groups is 1. The van der Waals surface area contributed by atoms with Crippen LogP contribution in [0.25, 0.3) is 0 Å². The van der Waals surface area contributed by atoms with Crippen molar-refractivity contribution in [3.63, 3.8) is 0 Å². The van der Waals surface area contributed by atoms with Crippen LogP contribution in [0.2, 0.25) is 0 Å². The molecule has 0 aliphatic carbocycles. The number of ketones is 1. The molecule has 0 fully saturated rings. The van der Waals surface area contributed by atoms with E-state index in [1.54, 1.807) is 25.4 Å². The predicted molar refractivity (Wildman–Crippen MR) is 79.4 cm³/mol. The zero-order chi connectivity index (χ0) is 18.2. The number of anilines is 1. The molecule has 13 heteroatoms. The molecule has 0 radical (unpaired) electrons. The molecular formula is C12H14CuN5O6S. The Morgan fingerprint density at radius 3 is 2.56 bits per heavy atom. The molecule has 1 aromatic heterocycles. The summed E-state index contributed by atoms with van der Waals surface area (Å²) >= 11 is 0. The summed E-state index contributed by atoms with van der Waals surface area (Å²) in [4.78, 5) is 22.7. The van der Waals surface area contributed by atoms with Crippen molar-refractivity contribution in [1.82, 2.24) is 10.4 Å². The van der Waals surface area contributed by atoms with Gasteiger partial charge in [0, 0.05) is 40.0 Å².